The van der Waals surface area contributed by atoms with Crippen molar-refractivity contribution in [2.75, 3.05) is 50.6 Å². The first-order valence-corrected chi connectivity index (χ1v) is 14.0. The van der Waals surface area contributed by atoms with Gasteiger partial charge in [-0.15, -0.1) is 0 Å². The highest BCUT2D eigenvalue weighted by Crippen LogP contribution is 2.36. The monoisotopic (exact) mass is 519 g/mol. The second-order valence-corrected chi connectivity index (χ2v) is 11.1. The molecule has 0 bridgehead atoms. The molecule has 1 heterocycles. The van der Waals surface area contributed by atoms with Crippen LogP contribution in [0.25, 0.3) is 11.1 Å². The van der Waals surface area contributed by atoms with E-state index < -0.39 is 6.09 Å². The molecule has 3 N–H and O–H groups in total. The molecule has 8 heteroatoms. The Morgan fingerprint density at radius 1 is 0.974 bits per heavy atom. The molecule has 1 aliphatic heterocycles. The van der Waals surface area contributed by atoms with E-state index in [9.17, 15) is 9.59 Å². The van der Waals surface area contributed by atoms with Gasteiger partial charge in [-0.1, -0.05) is 24.3 Å². The van der Waals surface area contributed by atoms with Crippen molar-refractivity contribution in [1.29, 1.82) is 0 Å². The van der Waals surface area contributed by atoms with Crippen molar-refractivity contribution < 1.29 is 14.3 Å². The maximum Gasteiger partial charge on any atom is 0.411 e. The van der Waals surface area contributed by atoms with Crippen LogP contribution in [0.3, 0.4) is 0 Å². The molecule has 0 atom stereocenters. The van der Waals surface area contributed by atoms with Crippen LogP contribution in [0.5, 0.6) is 0 Å². The van der Waals surface area contributed by atoms with Crippen molar-refractivity contribution in [3.05, 3.63) is 48.0 Å². The fourth-order valence-electron chi connectivity index (χ4n) is 5.71. The van der Waals surface area contributed by atoms with Gasteiger partial charge in [-0.05, 0) is 80.5 Å². The standard InChI is InChI=1S/C30H41N5O3/c1-33-14-16-34(17-15-33)28-13-8-24(19-27(28)32-30(37)38-2)23-5-3-4-21(18-23)20-35(29(36)22-6-7-22)26-11-9-25(31)10-12-26/h3-5,8,13,18-19,22,25-26H,6-7,9-12,14-17,20,31H2,1-2H3,(H,32,37). The molecule has 1 saturated heterocycles. The molecule has 2 saturated carbocycles. The molecule has 204 valence electrons. The minimum absolute atomic E-state index is 0.197. The average molecular weight is 520 g/mol. The molecule has 0 unspecified atom stereocenters. The molecule has 5 rings (SSSR count). The first-order valence-electron chi connectivity index (χ1n) is 14.0. The zero-order valence-corrected chi connectivity index (χ0v) is 22.7. The quantitative estimate of drug-likeness (QED) is 0.567. The number of carbonyl (C=O) groups is 2. The normalized spacial score (nSPS) is 22.1. The lowest BCUT2D eigenvalue weighted by Crippen LogP contribution is -2.44. The Hall–Kier alpha value is -3.10. The highest BCUT2D eigenvalue weighted by molar-refractivity contribution is 5.91. The van der Waals surface area contributed by atoms with E-state index >= 15 is 0 Å². The summed E-state index contributed by atoms with van der Waals surface area (Å²) in [5.41, 5.74) is 11.1. The lowest BCUT2D eigenvalue weighted by molar-refractivity contribution is -0.136. The van der Waals surface area contributed by atoms with E-state index in [1.807, 2.05) is 6.07 Å². The molecule has 3 fully saturated rings. The topological polar surface area (TPSA) is 91.1 Å². The average Bonchev–Trinajstić information content (AvgIpc) is 3.78. The van der Waals surface area contributed by atoms with Gasteiger partial charge in [0, 0.05) is 50.7 Å². The number of nitrogens with one attached hydrogen (secondary N) is 1. The number of ether oxygens (including phenoxy) is 1. The lowest BCUT2D eigenvalue weighted by atomic mass is 9.90. The molecule has 0 aromatic heterocycles. The zero-order chi connectivity index (χ0) is 26.6. The van der Waals surface area contributed by atoms with Gasteiger partial charge in [0.2, 0.25) is 5.91 Å². The maximum atomic E-state index is 13.3. The van der Waals surface area contributed by atoms with Crippen LogP contribution in [0, 0.1) is 5.92 Å². The second kappa shape index (κ2) is 11.7. The SMILES string of the molecule is COC(=O)Nc1cc(-c2cccc(CN(C(=O)C3CC3)C3CCC(N)CC3)c2)ccc1N1CCN(C)CC1. The largest absolute Gasteiger partial charge is 0.453 e. The minimum atomic E-state index is -0.479. The van der Waals surface area contributed by atoms with Gasteiger partial charge in [-0.3, -0.25) is 10.1 Å². The maximum absolute atomic E-state index is 13.3. The number of rotatable bonds is 7. The van der Waals surface area contributed by atoms with Crippen LogP contribution in [-0.4, -0.2) is 74.2 Å². The highest BCUT2D eigenvalue weighted by atomic mass is 16.5. The fraction of sp³-hybridized carbons (Fsp3) is 0.533. The van der Waals surface area contributed by atoms with E-state index in [-0.39, 0.29) is 18.0 Å². The predicted octanol–water partition coefficient (Wildman–Crippen LogP) is 4.29. The van der Waals surface area contributed by atoms with E-state index in [0.717, 1.165) is 92.8 Å². The molecule has 38 heavy (non-hydrogen) atoms. The van der Waals surface area contributed by atoms with Gasteiger partial charge in [0.1, 0.15) is 0 Å². The Kier molecular flexibility index (Phi) is 8.19. The number of piperazine rings is 1. The van der Waals surface area contributed by atoms with E-state index in [1.165, 1.54) is 7.11 Å². The molecule has 2 amide bonds. The van der Waals surface area contributed by atoms with Gasteiger partial charge in [0.05, 0.1) is 18.5 Å². The molecule has 8 nitrogen and oxygen atoms in total. The zero-order valence-electron chi connectivity index (χ0n) is 22.7. The summed E-state index contributed by atoms with van der Waals surface area (Å²) in [6.07, 6.45) is 5.47. The summed E-state index contributed by atoms with van der Waals surface area (Å²) in [5, 5.41) is 2.93. The number of anilines is 2. The number of likely N-dealkylation sites (N-methyl/N-ethyl adjacent to an activating group) is 1. The summed E-state index contributed by atoms with van der Waals surface area (Å²) in [5.74, 6) is 0.500. The van der Waals surface area contributed by atoms with Crippen LogP contribution in [0.4, 0.5) is 16.2 Å². The number of methoxy groups -OCH3 is 1. The Morgan fingerprint density at radius 2 is 1.68 bits per heavy atom. The van der Waals surface area contributed by atoms with Gasteiger partial charge in [0.25, 0.3) is 0 Å². The first-order chi connectivity index (χ1) is 18.4. The Balaban J connectivity index is 1.39. The van der Waals surface area contributed by atoms with Crippen LogP contribution >= 0.6 is 0 Å². The molecule has 0 spiro atoms. The summed E-state index contributed by atoms with van der Waals surface area (Å²) in [4.78, 5) is 32.2. The number of nitrogens with two attached hydrogens (primary N) is 1. The van der Waals surface area contributed by atoms with E-state index in [1.54, 1.807) is 0 Å². The fourth-order valence-corrected chi connectivity index (χ4v) is 5.71. The van der Waals surface area contributed by atoms with Crippen molar-refractivity contribution in [3.8, 4) is 11.1 Å². The summed E-state index contributed by atoms with van der Waals surface area (Å²) >= 11 is 0. The van der Waals surface area contributed by atoms with Crippen LogP contribution in [-0.2, 0) is 16.1 Å². The Labute approximate surface area is 226 Å². The molecular formula is C30H41N5O3. The number of hydrogen-bond donors (Lipinski definition) is 2. The van der Waals surface area contributed by atoms with Gasteiger partial charge < -0.3 is 25.2 Å². The molecule has 0 radical (unpaired) electrons. The van der Waals surface area contributed by atoms with E-state index in [2.05, 4.69) is 63.5 Å². The van der Waals surface area contributed by atoms with E-state index in [0.29, 0.717) is 12.5 Å². The summed E-state index contributed by atoms with van der Waals surface area (Å²) in [6, 6.07) is 15.2. The molecular weight excluding hydrogens is 478 g/mol. The summed E-state index contributed by atoms with van der Waals surface area (Å²) < 4.78 is 4.91. The smallest absolute Gasteiger partial charge is 0.411 e. The van der Waals surface area contributed by atoms with Crippen LogP contribution in [0.15, 0.2) is 42.5 Å². The minimum Gasteiger partial charge on any atom is -0.453 e. The van der Waals surface area contributed by atoms with Crippen molar-refractivity contribution in [1.82, 2.24) is 9.80 Å². The molecule has 2 aliphatic carbocycles. The third-order valence-electron chi connectivity index (χ3n) is 8.27. The number of amides is 2. The van der Waals surface area contributed by atoms with Gasteiger partial charge >= 0.3 is 6.09 Å². The Morgan fingerprint density at radius 3 is 2.37 bits per heavy atom. The van der Waals surface area contributed by atoms with Crippen molar-refractivity contribution in [3.63, 3.8) is 0 Å². The predicted molar refractivity (Wildman–Crippen MR) is 151 cm³/mol. The van der Waals surface area contributed by atoms with Crippen LogP contribution in [0.1, 0.15) is 44.1 Å². The summed E-state index contributed by atoms with van der Waals surface area (Å²) in [7, 11) is 3.51. The highest BCUT2D eigenvalue weighted by Gasteiger charge is 2.37. The third kappa shape index (κ3) is 6.30. The number of hydrogen-bond acceptors (Lipinski definition) is 6. The van der Waals surface area contributed by atoms with Crippen molar-refractivity contribution in [2.24, 2.45) is 11.7 Å². The number of benzene rings is 2. The first kappa shape index (κ1) is 26.5. The molecule has 3 aliphatic rings. The molecule has 2 aromatic rings. The third-order valence-corrected chi connectivity index (χ3v) is 8.27. The molecule has 2 aromatic carbocycles. The lowest BCUT2D eigenvalue weighted by Gasteiger charge is -2.36. The number of carbonyl (C=O) groups excluding carboxylic acids is 2. The van der Waals surface area contributed by atoms with Gasteiger partial charge in [0.15, 0.2) is 0 Å². The van der Waals surface area contributed by atoms with Crippen molar-refractivity contribution in [2.45, 2.75) is 57.2 Å². The summed E-state index contributed by atoms with van der Waals surface area (Å²) in [6.45, 7) is 4.38. The number of nitrogens with zero attached hydrogens (tertiary/aromatic N) is 3. The Bertz CT molecular complexity index is 1130. The van der Waals surface area contributed by atoms with Crippen molar-refractivity contribution >= 4 is 23.4 Å². The second-order valence-electron chi connectivity index (χ2n) is 11.1. The van der Waals surface area contributed by atoms with Crippen LogP contribution < -0.4 is 16.0 Å². The van der Waals surface area contributed by atoms with Crippen LogP contribution in [0.2, 0.25) is 0 Å². The van der Waals surface area contributed by atoms with Gasteiger partial charge in [-0.25, -0.2) is 4.79 Å². The van der Waals surface area contributed by atoms with E-state index in [4.69, 9.17) is 10.5 Å². The van der Waals surface area contributed by atoms with Gasteiger partial charge in [-0.2, -0.15) is 0 Å².